The molecule has 1 saturated carbocycles. The fraction of sp³-hybridized carbons (Fsp3) is 1.00. The van der Waals surface area contributed by atoms with Gasteiger partial charge in [-0.15, -0.1) is 0 Å². The zero-order chi connectivity index (χ0) is 12.6. The molecule has 0 aromatic heterocycles. The predicted octanol–water partition coefficient (Wildman–Crippen LogP) is 2.40. The van der Waals surface area contributed by atoms with Crippen molar-refractivity contribution in [3.8, 4) is 0 Å². The molecule has 2 atom stereocenters. The average Bonchev–Trinajstić information content (AvgIpc) is 2.41. The number of likely N-dealkylation sites (tertiary alicyclic amines) is 1. The maximum absolute atomic E-state index is 5.94. The molecule has 2 N–H and O–H groups in total. The summed E-state index contributed by atoms with van der Waals surface area (Å²) in [6.45, 7) is 5.59. The lowest BCUT2D eigenvalue weighted by Gasteiger charge is -2.34. The summed E-state index contributed by atoms with van der Waals surface area (Å²) in [5.41, 5.74) is 5.51. The van der Waals surface area contributed by atoms with E-state index >= 15 is 0 Å². The lowest BCUT2D eigenvalue weighted by atomic mass is 9.86. The molecular weight excluding hydrogens is 224 g/mol. The molecule has 0 radical (unpaired) electrons. The van der Waals surface area contributed by atoms with Crippen molar-refractivity contribution in [1.82, 2.24) is 4.90 Å². The van der Waals surface area contributed by atoms with Crippen LogP contribution >= 0.6 is 0 Å². The zero-order valence-corrected chi connectivity index (χ0v) is 11.8. The van der Waals surface area contributed by atoms with Crippen LogP contribution in [0.3, 0.4) is 0 Å². The van der Waals surface area contributed by atoms with E-state index in [1.54, 1.807) is 0 Å². The highest BCUT2D eigenvalue weighted by Gasteiger charge is 2.24. The highest BCUT2D eigenvalue weighted by molar-refractivity contribution is 4.77. The Bertz CT molecular complexity index is 217. The number of ether oxygens (including phenoxy) is 1. The maximum Gasteiger partial charge on any atom is 0.0578 e. The number of hydrogen-bond acceptors (Lipinski definition) is 3. The second-order valence-corrected chi connectivity index (χ2v) is 6.03. The fourth-order valence-electron chi connectivity index (χ4n) is 3.40. The average molecular weight is 254 g/mol. The molecule has 1 aliphatic carbocycles. The lowest BCUT2D eigenvalue weighted by Crippen LogP contribution is -2.37. The van der Waals surface area contributed by atoms with Crippen molar-refractivity contribution in [2.24, 2.45) is 11.7 Å². The SMILES string of the molecule is NCCCOC1CCCC(CN2CCCCC2)C1. The van der Waals surface area contributed by atoms with Crippen LogP contribution in [-0.4, -0.2) is 43.8 Å². The van der Waals surface area contributed by atoms with Gasteiger partial charge in [0.1, 0.15) is 0 Å². The molecule has 1 aliphatic heterocycles. The zero-order valence-electron chi connectivity index (χ0n) is 11.8. The lowest BCUT2D eigenvalue weighted by molar-refractivity contribution is 0.00601. The van der Waals surface area contributed by atoms with Gasteiger partial charge in [-0.2, -0.15) is 0 Å². The van der Waals surface area contributed by atoms with Crippen molar-refractivity contribution in [3.63, 3.8) is 0 Å². The van der Waals surface area contributed by atoms with Gasteiger partial charge in [0, 0.05) is 13.2 Å². The van der Waals surface area contributed by atoms with E-state index in [2.05, 4.69) is 4.90 Å². The molecule has 2 fully saturated rings. The van der Waals surface area contributed by atoms with Gasteiger partial charge in [0.15, 0.2) is 0 Å². The second-order valence-electron chi connectivity index (χ2n) is 6.03. The minimum Gasteiger partial charge on any atom is -0.378 e. The van der Waals surface area contributed by atoms with Crippen LogP contribution in [0.2, 0.25) is 0 Å². The Morgan fingerprint density at radius 1 is 1.06 bits per heavy atom. The Balaban J connectivity index is 1.65. The highest BCUT2D eigenvalue weighted by Crippen LogP contribution is 2.27. The number of nitrogens with zero attached hydrogens (tertiary/aromatic N) is 1. The molecule has 3 nitrogen and oxygen atoms in total. The number of hydrogen-bond donors (Lipinski definition) is 1. The second kappa shape index (κ2) is 8.13. The van der Waals surface area contributed by atoms with Gasteiger partial charge in [0.2, 0.25) is 0 Å². The molecule has 18 heavy (non-hydrogen) atoms. The summed E-state index contributed by atoms with van der Waals surface area (Å²) in [4.78, 5) is 2.68. The summed E-state index contributed by atoms with van der Waals surface area (Å²) in [7, 11) is 0. The van der Waals surface area contributed by atoms with E-state index in [9.17, 15) is 0 Å². The van der Waals surface area contributed by atoms with E-state index in [0.717, 1.165) is 25.5 Å². The third kappa shape index (κ3) is 4.87. The standard InChI is InChI=1S/C15H30N2O/c16-8-5-11-18-15-7-4-6-14(12-15)13-17-9-2-1-3-10-17/h14-15H,1-13,16H2. The van der Waals surface area contributed by atoms with Crippen LogP contribution < -0.4 is 5.73 Å². The van der Waals surface area contributed by atoms with Crippen LogP contribution in [0.5, 0.6) is 0 Å². The van der Waals surface area contributed by atoms with Crippen molar-refractivity contribution in [2.75, 3.05) is 32.8 Å². The van der Waals surface area contributed by atoms with Gasteiger partial charge in [0.25, 0.3) is 0 Å². The van der Waals surface area contributed by atoms with Gasteiger partial charge >= 0.3 is 0 Å². The molecule has 1 heterocycles. The monoisotopic (exact) mass is 254 g/mol. The Morgan fingerprint density at radius 2 is 1.89 bits per heavy atom. The van der Waals surface area contributed by atoms with Crippen LogP contribution in [0.1, 0.15) is 51.4 Å². The van der Waals surface area contributed by atoms with Crippen molar-refractivity contribution < 1.29 is 4.74 Å². The molecule has 0 aromatic rings. The molecule has 0 bridgehead atoms. The first kappa shape index (κ1) is 14.3. The molecule has 0 spiro atoms. The van der Waals surface area contributed by atoms with E-state index in [4.69, 9.17) is 10.5 Å². The molecule has 106 valence electrons. The summed E-state index contributed by atoms with van der Waals surface area (Å²) >= 11 is 0. The van der Waals surface area contributed by atoms with E-state index < -0.39 is 0 Å². The Hall–Kier alpha value is -0.120. The normalized spacial score (nSPS) is 30.5. The molecule has 0 amide bonds. The summed E-state index contributed by atoms with van der Waals surface area (Å²) in [6.07, 6.45) is 11.1. The van der Waals surface area contributed by atoms with E-state index in [-0.39, 0.29) is 0 Å². The smallest absolute Gasteiger partial charge is 0.0578 e. The van der Waals surface area contributed by atoms with Crippen LogP contribution in [0, 0.1) is 5.92 Å². The Kier molecular flexibility index (Phi) is 6.46. The van der Waals surface area contributed by atoms with Crippen molar-refractivity contribution >= 4 is 0 Å². The fourth-order valence-corrected chi connectivity index (χ4v) is 3.40. The van der Waals surface area contributed by atoms with E-state index in [1.165, 1.54) is 64.6 Å². The maximum atomic E-state index is 5.94. The molecule has 3 heteroatoms. The Morgan fingerprint density at radius 3 is 2.67 bits per heavy atom. The first-order valence-electron chi connectivity index (χ1n) is 7.92. The summed E-state index contributed by atoms with van der Waals surface area (Å²) in [6, 6.07) is 0. The van der Waals surface area contributed by atoms with Gasteiger partial charge in [-0.05, 0) is 64.1 Å². The molecule has 2 rings (SSSR count). The molecular formula is C15H30N2O. The summed E-state index contributed by atoms with van der Waals surface area (Å²) < 4.78 is 5.94. The minimum atomic E-state index is 0.514. The first-order chi connectivity index (χ1) is 8.88. The van der Waals surface area contributed by atoms with Crippen LogP contribution in [0.15, 0.2) is 0 Å². The topological polar surface area (TPSA) is 38.5 Å². The predicted molar refractivity (Wildman–Crippen MR) is 75.7 cm³/mol. The van der Waals surface area contributed by atoms with Gasteiger partial charge < -0.3 is 15.4 Å². The first-order valence-corrected chi connectivity index (χ1v) is 7.92. The van der Waals surface area contributed by atoms with Gasteiger partial charge in [-0.25, -0.2) is 0 Å². The highest BCUT2D eigenvalue weighted by atomic mass is 16.5. The Labute approximate surface area is 112 Å². The number of piperidine rings is 1. The van der Waals surface area contributed by atoms with Crippen molar-refractivity contribution in [2.45, 2.75) is 57.5 Å². The summed E-state index contributed by atoms with van der Waals surface area (Å²) in [5, 5.41) is 0. The molecule has 1 saturated heterocycles. The number of rotatable bonds is 6. The van der Waals surface area contributed by atoms with Gasteiger partial charge in [0.05, 0.1) is 6.10 Å². The van der Waals surface area contributed by atoms with Crippen molar-refractivity contribution in [3.05, 3.63) is 0 Å². The van der Waals surface area contributed by atoms with Crippen molar-refractivity contribution in [1.29, 1.82) is 0 Å². The third-order valence-electron chi connectivity index (χ3n) is 4.40. The molecule has 2 unspecified atom stereocenters. The van der Waals surface area contributed by atoms with E-state index in [0.29, 0.717) is 6.10 Å². The van der Waals surface area contributed by atoms with Crippen LogP contribution in [0.4, 0.5) is 0 Å². The van der Waals surface area contributed by atoms with Crippen LogP contribution in [0.25, 0.3) is 0 Å². The number of nitrogens with two attached hydrogens (primary N) is 1. The summed E-state index contributed by atoms with van der Waals surface area (Å²) in [5.74, 6) is 0.875. The minimum absolute atomic E-state index is 0.514. The van der Waals surface area contributed by atoms with Gasteiger partial charge in [-0.3, -0.25) is 0 Å². The van der Waals surface area contributed by atoms with Crippen LogP contribution in [-0.2, 0) is 4.74 Å². The quantitative estimate of drug-likeness (QED) is 0.740. The van der Waals surface area contributed by atoms with E-state index in [1.807, 2.05) is 0 Å². The largest absolute Gasteiger partial charge is 0.378 e. The van der Waals surface area contributed by atoms with Gasteiger partial charge in [-0.1, -0.05) is 12.8 Å². The third-order valence-corrected chi connectivity index (χ3v) is 4.40. The molecule has 2 aliphatic rings. The molecule has 0 aromatic carbocycles.